The molecule has 0 spiro atoms. The lowest BCUT2D eigenvalue weighted by Gasteiger charge is -2.01. The van der Waals surface area contributed by atoms with Gasteiger partial charge in [-0.25, -0.2) is 4.98 Å². The van der Waals surface area contributed by atoms with E-state index in [4.69, 9.17) is 4.74 Å². The van der Waals surface area contributed by atoms with Crippen LogP contribution in [0.25, 0.3) is 5.65 Å². The summed E-state index contributed by atoms with van der Waals surface area (Å²) in [5.41, 5.74) is 2.07. The highest BCUT2D eigenvalue weighted by atomic mass is 16.5. The van der Waals surface area contributed by atoms with Crippen molar-refractivity contribution in [2.45, 2.75) is 19.8 Å². The van der Waals surface area contributed by atoms with Gasteiger partial charge < -0.3 is 4.74 Å². The molecule has 2 aromatic heterocycles. The molecule has 0 saturated carbocycles. The first-order valence-electron chi connectivity index (χ1n) is 4.86. The van der Waals surface area contributed by atoms with Crippen LogP contribution in [0.1, 0.15) is 19.0 Å². The van der Waals surface area contributed by atoms with Crippen molar-refractivity contribution in [2.75, 3.05) is 7.11 Å². The molecule has 0 radical (unpaired) electrons. The number of methoxy groups -OCH3 is 1. The third kappa shape index (κ3) is 1.45. The molecule has 2 heterocycles. The zero-order valence-electron chi connectivity index (χ0n) is 8.53. The summed E-state index contributed by atoms with van der Waals surface area (Å²) < 4.78 is 7.22. The maximum absolute atomic E-state index is 5.24. The summed E-state index contributed by atoms with van der Waals surface area (Å²) in [7, 11) is 1.67. The Morgan fingerprint density at radius 2 is 2.29 bits per heavy atom. The van der Waals surface area contributed by atoms with Gasteiger partial charge in [-0.05, 0) is 18.6 Å². The van der Waals surface area contributed by atoms with Crippen LogP contribution in [-0.4, -0.2) is 16.5 Å². The molecule has 0 atom stereocenters. The van der Waals surface area contributed by atoms with E-state index in [1.165, 1.54) is 0 Å². The molecule has 0 N–H and O–H groups in total. The summed E-state index contributed by atoms with van der Waals surface area (Å²) >= 11 is 0. The molecule has 0 aliphatic rings. The summed E-state index contributed by atoms with van der Waals surface area (Å²) in [6.45, 7) is 2.15. The third-order valence-corrected chi connectivity index (χ3v) is 2.22. The number of rotatable bonds is 3. The van der Waals surface area contributed by atoms with Gasteiger partial charge in [0, 0.05) is 6.20 Å². The maximum atomic E-state index is 5.24. The molecule has 2 rings (SSSR count). The molecule has 2 aromatic rings. The second-order valence-electron chi connectivity index (χ2n) is 3.28. The first-order valence-corrected chi connectivity index (χ1v) is 4.86. The highest BCUT2D eigenvalue weighted by Crippen LogP contribution is 2.15. The predicted octanol–water partition coefficient (Wildman–Crippen LogP) is 2.30. The molecule has 0 bridgehead atoms. The van der Waals surface area contributed by atoms with Crippen LogP contribution in [0.4, 0.5) is 0 Å². The maximum Gasteiger partial charge on any atom is 0.198 e. The van der Waals surface area contributed by atoms with Crippen molar-refractivity contribution in [3.63, 3.8) is 0 Å². The molecule has 74 valence electrons. The number of fused-ring (bicyclic) bond motifs is 1. The second kappa shape index (κ2) is 3.70. The molecule has 0 saturated heterocycles. The zero-order chi connectivity index (χ0) is 9.97. The van der Waals surface area contributed by atoms with Gasteiger partial charge in [0.05, 0.1) is 12.8 Å². The Morgan fingerprint density at radius 3 is 3.00 bits per heavy atom. The quantitative estimate of drug-likeness (QED) is 0.742. The predicted molar refractivity (Wildman–Crippen MR) is 55.7 cm³/mol. The van der Waals surface area contributed by atoms with Crippen molar-refractivity contribution < 1.29 is 4.74 Å². The molecule has 3 nitrogen and oxygen atoms in total. The molecule has 3 heteroatoms. The summed E-state index contributed by atoms with van der Waals surface area (Å²) in [6, 6.07) is 5.88. The number of aryl methyl sites for hydroxylation is 1. The Bertz CT molecular complexity index is 434. The number of hydrogen-bond acceptors (Lipinski definition) is 2. The van der Waals surface area contributed by atoms with Gasteiger partial charge in [-0.2, -0.15) is 0 Å². The van der Waals surface area contributed by atoms with E-state index in [0.29, 0.717) is 0 Å². The summed E-state index contributed by atoms with van der Waals surface area (Å²) in [5, 5.41) is 0. The van der Waals surface area contributed by atoms with Gasteiger partial charge in [0.15, 0.2) is 5.88 Å². The van der Waals surface area contributed by atoms with E-state index in [9.17, 15) is 0 Å². The van der Waals surface area contributed by atoms with Gasteiger partial charge >= 0.3 is 0 Å². The molecule has 0 aliphatic carbocycles. The van der Waals surface area contributed by atoms with Crippen molar-refractivity contribution in [1.82, 2.24) is 9.38 Å². The van der Waals surface area contributed by atoms with Gasteiger partial charge in [-0.1, -0.05) is 19.4 Å². The first-order chi connectivity index (χ1) is 6.85. The highest BCUT2D eigenvalue weighted by molar-refractivity contribution is 5.43. The van der Waals surface area contributed by atoms with Crippen LogP contribution in [0.5, 0.6) is 5.88 Å². The molecule has 14 heavy (non-hydrogen) atoms. The zero-order valence-corrected chi connectivity index (χ0v) is 8.53. The van der Waals surface area contributed by atoms with Gasteiger partial charge in [0.25, 0.3) is 0 Å². The Hall–Kier alpha value is -1.51. The molecular formula is C11H14N2O. The van der Waals surface area contributed by atoms with Gasteiger partial charge in [-0.15, -0.1) is 0 Å². The van der Waals surface area contributed by atoms with Crippen molar-refractivity contribution in [1.29, 1.82) is 0 Å². The Morgan fingerprint density at radius 1 is 1.43 bits per heavy atom. The van der Waals surface area contributed by atoms with Crippen LogP contribution in [0, 0.1) is 0 Å². The molecule has 0 aromatic carbocycles. The lowest BCUT2D eigenvalue weighted by Crippen LogP contribution is -1.91. The largest absolute Gasteiger partial charge is 0.482 e. The molecular weight excluding hydrogens is 176 g/mol. The minimum absolute atomic E-state index is 0.831. The second-order valence-corrected chi connectivity index (χ2v) is 3.28. The topological polar surface area (TPSA) is 26.5 Å². The van der Waals surface area contributed by atoms with E-state index in [1.807, 2.05) is 28.8 Å². The van der Waals surface area contributed by atoms with E-state index >= 15 is 0 Å². The van der Waals surface area contributed by atoms with Crippen molar-refractivity contribution in [2.24, 2.45) is 0 Å². The molecule has 0 aliphatic heterocycles. The number of pyridine rings is 1. The van der Waals surface area contributed by atoms with Crippen molar-refractivity contribution in [3.05, 3.63) is 30.1 Å². The van der Waals surface area contributed by atoms with Crippen LogP contribution in [0.3, 0.4) is 0 Å². The molecule has 0 unspecified atom stereocenters. The lowest BCUT2D eigenvalue weighted by atomic mass is 10.3. The Kier molecular flexibility index (Phi) is 2.39. The normalized spacial score (nSPS) is 10.7. The Labute approximate surface area is 83.3 Å². The third-order valence-electron chi connectivity index (χ3n) is 2.22. The summed E-state index contributed by atoms with van der Waals surface area (Å²) in [5.74, 6) is 0.831. The fourth-order valence-corrected chi connectivity index (χ4v) is 1.58. The minimum atomic E-state index is 0.831. The van der Waals surface area contributed by atoms with Crippen molar-refractivity contribution >= 4 is 5.65 Å². The van der Waals surface area contributed by atoms with Crippen molar-refractivity contribution in [3.8, 4) is 5.88 Å². The highest BCUT2D eigenvalue weighted by Gasteiger charge is 2.03. The first kappa shape index (κ1) is 9.06. The standard InChI is InChI=1S/C11H14N2O/c1-3-5-9-8-13-10(12-9)6-4-7-11(13)14-2/h4,6-8H,3,5H2,1-2H3. The number of hydrogen-bond donors (Lipinski definition) is 0. The van der Waals surface area contributed by atoms with E-state index in [2.05, 4.69) is 11.9 Å². The summed E-state index contributed by atoms with van der Waals surface area (Å²) in [4.78, 5) is 4.49. The number of ether oxygens (including phenoxy) is 1. The van der Waals surface area contributed by atoms with Crippen LogP contribution < -0.4 is 4.74 Å². The van der Waals surface area contributed by atoms with E-state index in [-0.39, 0.29) is 0 Å². The van der Waals surface area contributed by atoms with Crippen LogP contribution in [0.2, 0.25) is 0 Å². The fraction of sp³-hybridized carbons (Fsp3) is 0.364. The average Bonchev–Trinajstić information content (AvgIpc) is 2.60. The smallest absolute Gasteiger partial charge is 0.198 e. The Balaban J connectivity index is 2.52. The van der Waals surface area contributed by atoms with Crippen LogP contribution >= 0.6 is 0 Å². The number of imidazole rings is 1. The average molecular weight is 190 g/mol. The lowest BCUT2D eigenvalue weighted by molar-refractivity contribution is 0.392. The van der Waals surface area contributed by atoms with Gasteiger partial charge in [-0.3, -0.25) is 4.40 Å². The summed E-state index contributed by atoms with van der Waals surface area (Å²) in [6.07, 6.45) is 4.18. The van der Waals surface area contributed by atoms with E-state index < -0.39 is 0 Å². The van der Waals surface area contributed by atoms with E-state index in [1.54, 1.807) is 7.11 Å². The number of aromatic nitrogens is 2. The molecule has 0 fully saturated rings. The minimum Gasteiger partial charge on any atom is -0.482 e. The van der Waals surface area contributed by atoms with Gasteiger partial charge in [0.1, 0.15) is 5.65 Å². The molecule has 0 amide bonds. The van der Waals surface area contributed by atoms with E-state index in [0.717, 1.165) is 30.1 Å². The number of nitrogens with zero attached hydrogens (tertiary/aromatic N) is 2. The monoisotopic (exact) mass is 190 g/mol. The van der Waals surface area contributed by atoms with Gasteiger partial charge in [0.2, 0.25) is 0 Å². The fourth-order valence-electron chi connectivity index (χ4n) is 1.58. The van der Waals surface area contributed by atoms with Crippen LogP contribution in [-0.2, 0) is 6.42 Å². The SMILES string of the molecule is CCCc1cn2c(OC)cccc2n1. The van der Waals surface area contributed by atoms with Crippen LogP contribution in [0.15, 0.2) is 24.4 Å².